The lowest BCUT2D eigenvalue weighted by Gasteiger charge is -2.47. The fourth-order valence-electron chi connectivity index (χ4n) is 3.85. The van der Waals surface area contributed by atoms with Gasteiger partial charge in [-0.15, -0.1) is 0 Å². The van der Waals surface area contributed by atoms with Crippen molar-refractivity contribution in [2.75, 3.05) is 6.61 Å². The normalized spacial score (nSPS) is 30.4. The van der Waals surface area contributed by atoms with Gasteiger partial charge in [0, 0.05) is 0 Å². The molecule has 1 saturated heterocycles. The maximum absolute atomic E-state index is 10.6. The summed E-state index contributed by atoms with van der Waals surface area (Å²) < 4.78 is 5.87. The van der Waals surface area contributed by atoms with Crippen molar-refractivity contribution >= 4 is 0 Å². The summed E-state index contributed by atoms with van der Waals surface area (Å²) >= 11 is 0. The SMILES string of the molecule is CCc1ccc(Cc2cc(C3(C)OC(CO)C(O)C(O)C3O)ccc2C)cc1. The largest absolute Gasteiger partial charge is 0.394 e. The van der Waals surface area contributed by atoms with Crippen LogP contribution in [0, 0.1) is 6.92 Å². The monoisotopic (exact) mass is 386 g/mol. The maximum atomic E-state index is 10.6. The van der Waals surface area contributed by atoms with Crippen molar-refractivity contribution in [3.63, 3.8) is 0 Å². The van der Waals surface area contributed by atoms with Gasteiger partial charge >= 0.3 is 0 Å². The maximum Gasteiger partial charge on any atom is 0.119 e. The average molecular weight is 386 g/mol. The van der Waals surface area contributed by atoms with Crippen molar-refractivity contribution in [2.45, 2.75) is 63.6 Å². The summed E-state index contributed by atoms with van der Waals surface area (Å²) in [5, 5.41) is 40.4. The summed E-state index contributed by atoms with van der Waals surface area (Å²) in [7, 11) is 0. The first-order valence-corrected chi connectivity index (χ1v) is 9.80. The van der Waals surface area contributed by atoms with Gasteiger partial charge in [0.05, 0.1) is 6.61 Å². The Morgan fingerprint density at radius 1 is 0.964 bits per heavy atom. The molecule has 28 heavy (non-hydrogen) atoms. The molecule has 0 amide bonds. The molecule has 5 atom stereocenters. The third kappa shape index (κ3) is 3.86. The minimum absolute atomic E-state index is 0.441. The highest BCUT2D eigenvalue weighted by atomic mass is 16.6. The Morgan fingerprint density at radius 3 is 2.21 bits per heavy atom. The number of hydrogen-bond donors (Lipinski definition) is 4. The van der Waals surface area contributed by atoms with E-state index in [-0.39, 0.29) is 0 Å². The van der Waals surface area contributed by atoms with Crippen molar-refractivity contribution in [3.05, 3.63) is 70.3 Å². The molecule has 1 aliphatic rings. The van der Waals surface area contributed by atoms with Crippen molar-refractivity contribution in [3.8, 4) is 0 Å². The molecule has 1 fully saturated rings. The first-order valence-electron chi connectivity index (χ1n) is 9.80. The molecule has 5 unspecified atom stereocenters. The lowest BCUT2D eigenvalue weighted by molar-refractivity contribution is -0.273. The topological polar surface area (TPSA) is 90.2 Å². The van der Waals surface area contributed by atoms with Gasteiger partial charge in [-0.25, -0.2) is 0 Å². The van der Waals surface area contributed by atoms with E-state index in [0.717, 1.165) is 24.0 Å². The fraction of sp³-hybridized carbons (Fsp3) is 0.478. The summed E-state index contributed by atoms with van der Waals surface area (Å²) in [6.07, 6.45) is -3.27. The van der Waals surface area contributed by atoms with Crippen LogP contribution in [0.4, 0.5) is 0 Å². The summed E-state index contributed by atoms with van der Waals surface area (Å²) in [5.74, 6) is 0. The van der Waals surface area contributed by atoms with Crippen molar-refractivity contribution < 1.29 is 25.2 Å². The highest BCUT2D eigenvalue weighted by Crippen LogP contribution is 2.39. The molecule has 5 nitrogen and oxygen atoms in total. The van der Waals surface area contributed by atoms with Crippen molar-refractivity contribution in [2.24, 2.45) is 0 Å². The molecule has 1 aliphatic heterocycles. The van der Waals surface area contributed by atoms with E-state index in [1.807, 2.05) is 25.1 Å². The second kappa shape index (κ2) is 8.31. The molecule has 2 aromatic carbocycles. The van der Waals surface area contributed by atoms with E-state index in [0.29, 0.717) is 5.56 Å². The third-order valence-electron chi connectivity index (χ3n) is 5.94. The molecule has 152 valence electrons. The highest BCUT2D eigenvalue weighted by Gasteiger charge is 2.51. The van der Waals surface area contributed by atoms with E-state index < -0.39 is 36.6 Å². The van der Waals surface area contributed by atoms with E-state index in [1.54, 1.807) is 6.92 Å². The van der Waals surface area contributed by atoms with Crippen LogP contribution in [-0.4, -0.2) is 51.4 Å². The van der Waals surface area contributed by atoms with E-state index in [9.17, 15) is 20.4 Å². The zero-order valence-corrected chi connectivity index (χ0v) is 16.7. The van der Waals surface area contributed by atoms with Crippen LogP contribution in [-0.2, 0) is 23.2 Å². The van der Waals surface area contributed by atoms with Crippen LogP contribution in [0.5, 0.6) is 0 Å². The van der Waals surface area contributed by atoms with Crippen LogP contribution in [0.1, 0.15) is 41.7 Å². The summed E-state index contributed by atoms with van der Waals surface area (Å²) in [6, 6.07) is 14.3. The van der Waals surface area contributed by atoms with Crippen LogP contribution in [0.3, 0.4) is 0 Å². The molecule has 3 rings (SSSR count). The van der Waals surface area contributed by atoms with Gasteiger partial charge in [0.1, 0.15) is 30.0 Å². The van der Waals surface area contributed by atoms with Crippen molar-refractivity contribution in [1.29, 1.82) is 0 Å². The molecule has 2 aromatic rings. The predicted molar refractivity (Wildman–Crippen MR) is 107 cm³/mol. The molecule has 0 bridgehead atoms. The summed E-state index contributed by atoms with van der Waals surface area (Å²) in [5.41, 5.74) is 4.17. The lowest BCUT2D eigenvalue weighted by Crippen LogP contribution is -2.62. The van der Waals surface area contributed by atoms with Crippen LogP contribution in [0.15, 0.2) is 42.5 Å². The number of rotatable bonds is 5. The Kier molecular flexibility index (Phi) is 6.22. The van der Waals surface area contributed by atoms with Gasteiger partial charge in [-0.2, -0.15) is 0 Å². The highest BCUT2D eigenvalue weighted by molar-refractivity contribution is 5.39. The number of aliphatic hydroxyl groups is 4. The second-order valence-corrected chi connectivity index (χ2v) is 7.86. The minimum atomic E-state index is -1.40. The van der Waals surface area contributed by atoms with Crippen LogP contribution >= 0.6 is 0 Å². The Bertz CT molecular complexity index is 801. The van der Waals surface area contributed by atoms with Gasteiger partial charge in [-0.05, 0) is 54.5 Å². The molecule has 4 N–H and O–H groups in total. The summed E-state index contributed by atoms with van der Waals surface area (Å²) in [4.78, 5) is 0. The molecular weight excluding hydrogens is 356 g/mol. The molecule has 5 heteroatoms. The molecule has 0 aliphatic carbocycles. The summed E-state index contributed by atoms with van der Waals surface area (Å²) in [6.45, 7) is 5.40. The fourth-order valence-corrected chi connectivity index (χ4v) is 3.85. The number of aryl methyl sites for hydroxylation is 2. The zero-order chi connectivity index (χ0) is 20.5. The number of ether oxygens (including phenoxy) is 1. The molecule has 0 aromatic heterocycles. The van der Waals surface area contributed by atoms with Crippen molar-refractivity contribution in [1.82, 2.24) is 0 Å². The van der Waals surface area contributed by atoms with Crippen LogP contribution < -0.4 is 0 Å². The van der Waals surface area contributed by atoms with Gasteiger partial charge in [-0.3, -0.25) is 0 Å². The molecule has 1 heterocycles. The number of hydrogen-bond acceptors (Lipinski definition) is 5. The number of benzene rings is 2. The van der Waals surface area contributed by atoms with E-state index in [4.69, 9.17) is 4.74 Å². The van der Waals surface area contributed by atoms with Gasteiger partial charge in [-0.1, -0.05) is 49.4 Å². The van der Waals surface area contributed by atoms with Gasteiger partial charge < -0.3 is 25.2 Å². The van der Waals surface area contributed by atoms with Gasteiger partial charge in [0.15, 0.2) is 0 Å². The van der Waals surface area contributed by atoms with Gasteiger partial charge in [0.25, 0.3) is 0 Å². The zero-order valence-electron chi connectivity index (χ0n) is 16.7. The Labute approximate surface area is 166 Å². The predicted octanol–water partition coefficient (Wildman–Crippen LogP) is 1.84. The molecule has 0 spiro atoms. The number of aliphatic hydroxyl groups excluding tert-OH is 4. The smallest absolute Gasteiger partial charge is 0.119 e. The second-order valence-electron chi connectivity index (χ2n) is 7.86. The van der Waals surface area contributed by atoms with Crippen LogP contribution in [0.2, 0.25) is 0 Å². The standard InChI is InChI=1S/C23H30O5/c1-4-15-6-8-16(9-7-15)11-17-12-18(10-5-14(17)2)23(3)22(27)21(26)20(25)19(13-24)28-23/h5-10,12,19-22,24-27H,4,11,13H2,1-3H3. The molecule has 0 saturated carbocycles. The lowest BCUT2D eigenvalue weighted by atomic mass is 9.80. The quantitative estimate of drug-likeness (QED) is 0.630. The average Bonchev–Trinajstić information content (AvgIpc) is 2.71. The Balaban J connectivity index is 1.92. The van der Waals surface area contributed by atoms with E-state index in [1.165, 1.54) is 11.1 Å². The van der Waals surface area contributed by atoms with E-state index >= 15 is 0 Å². The van der Waals surface area contributed by atoms with Gasteiger partial charge in [0.2, 0.25) is 0 Å². The first-order chi connectivity index (χ1) is 13.3. The van der Waals surface area contributed by atoms with E-state index in [2.05, 4.69) is 31.2 Å². The molecule has 0 radical (unpaired) electrons. The Hall–Kier alpha value is -1.76. The first kappa shape index (κ1) is 21.0. The molecular formula is C23H30O5. The van der Waals surface area contributed by atoms with Crippen LogP contribution in [0.25, 0.3) is 0 Å². The third-order valence-corrected chi connectivity index (χ3v) is 5.94. The minimum Gasteiger partial charge on any atom is -0.394 e. The Morgan fingerprint density at radius 2 is 1.61 bits per heavy atom.